The summed E-state index contributed by atoms with van der Waals surface area (Å²) in [6.45, 7) is 6.00. The molecule has 0 bridgehead atoms. The van der Waals surface area contributed by atoms with Crippen molar-refractivity contribution >= 4 is 46.8 Å². The van der Waals surface area contributed by atoms with E-state index in [-0.39, 0.29) is 30.2 Å². The van der Waals surface area contributed by atoms with Gasteiger partial charge in [-0.3, -0.25) is 9.59 Å². The van der Waals surface area contributed by atoms with E-state index in [1.807, 2.05) is 51.1 Å². The molecule has 0 aliphatic heterocycles. The quantitative estimate of drug-likeness (QED) is 0.516. The number of carbonyl (C=O) groups is 2. The molecule has 0 heterocycles. The summed E-state index contributed by atoms with van der Waals surface area (Å²) in [7, 11) is 0. The normalized spacial score (nSPS) is 11.9. The van der Waals surface area contributed by atoms with Crippen LogP contribution in [0.1, 0.15) is 32.8 Å². The van der Waals surface area contributed by atoms with Gasteiger partial charge in [-0.1, -0.05) is 48.3 Å². The molecule has 0 aromatic heterocycles. The minimum absolute atomic E-state index is 0.00254. The predicted molar refractivity (Wildman–Crippen MR) is 122 cm³/mol. The maximum atomic E-state index is 13.1. The second kappa shape index (κ2) is 11.5. The molecule has 2 aromatic carbocycles. The number of nitrogens with one attached hydrogen (secondary N) is 1. The van der Waals surface area contributed by atoms with E-state index in [4.69, 9.17) is 23.2 Å². The SMILES string of the molecule is CC[C@H](C(=O)NC(C)C)N(Cc1ccccc1Cl)C(=O)CSc1ccc(Cl)cc1. The second-order valence-corrected chi connectivity index (χ2v) is 8.84. The summed E-state index contributed by atoms with van der Waals surface area (Å²) >= 11 is 13.7. The molecule has 0 radical (unpaired) electrons. The summed E-state index contributed by atoms with van der Waals surface area (Å²) in [6.07, 6.45) is 0.514. The number of hydrogen-bond donors (Lipinski definition) is 1. The van der Waals surface area contributed by atoms with E-state index < -0.39 is 6.04 Å². The summed E-state index contributed by atoms with van der Waals surface area (Å²) in [4.78, 5) is 28.5. The van der Waals surface area contributed by atoms with Crippen LogP contribution in [0, 0.1) is 0 Å². The Morgan fingerprint density at radius 2 is 1.72 bits per heavy atom. The molecular formula is C22H26Cl2N2O2S. The van der Waals surface area contributed by atoms with E-state index in [9.17, 15) is 9.59 Å². The van der Waals surface area contributed by atoms with Crippen molar-refractivity contribution in [1.82, 2.24) is 10.2 Å². The zero-order valence-corrected chi connectivity index (χ0v) is 19.2. The van der Waals surface area contributed by atoms with Gasteiger partial charge in [-0.2, -0.15) is 0 Å². The number of halogens is 2. The zero-order chi connectivity index (χ0) is 21.4. The molecule has 0 spiro atoms. The Morgan fingerprint density at radius 3 is 2.31 bits per heavy atom. The van der Waals surface area contributed by atoms with Crippen molar-refractivity contribution in [3.8, 4) is 0 Å². The lowest BCUT2D eigenvalue weighted by molar-refractivity contribution is -0.139. The van der Waals surface area contributed by atoms with E-state index in [1.54, 1.807) is 23.1 Å². The van der Waals surface area contributed by atoms with Crippen LogP contribution in [0.2, 0.25) is 10.0 Å². The van der Waals surface area contributed by atoms with Gasteiger partial charge in [-0.15, -0.1) is 11.8 Å². The highest BCUT2D eigenvalue weighted by Gasteiger charge is 2.29. The summed E-state index contributed by atoms with van der Waals surface area (Å²) in [5.41, 5.74) is 0.815. The van der Waals surface area contributed by atoms with Crippen LogP contribution in [0.3, 0.4) is 0 Å². The van der Waals surface area contributed by atoms with Crippen molar-refractivity contribution in [2.45, 2.75) is 50.7 Å². The average molecular weight is 453 g/mol. The first-order valence-corrected chi connectivity index (χ1v) is 11.3. The van der Waals surface area contributed by atoms with Gasteiger partial charge >= 0.3 is 0 Å². The van der Waals surface area contributed by atoms with Gasteiger partial charge in [-0.25, -0.2) is 0 Å². The number of amides is 2. The fourth-order valence-corrected chi connectivity index (χ4v) is 3.98. The van der Waals surface area contributed by atoms with E-state index in [0.717, 1.165) is 10.5 Å². The highest BCUT2D eigenvalue weighted by molar-refractivity contribution is 8.00. The number of rotatable bonds is 9. The molecule has 2 rings (SSSR count). The molecule has 1 N–H and O–H groups in total. The number of nitrogens with zero attached hydrogens (tertiary/aromatic N) is 1. The van der Waals surface area contributed by atoms with Gasteiger partial charge in [0.25, 0.3) is 0 Å². The minimum Gasteiger partial charge on any atom is -0.352 e. The third-order valence-corrected chi connectivity index (χ3v) is 5.91. The van der Waals surface area contributed by atoms with E-state index in [1.165, 1.54) is 11.8 Å². The fourth-order valence-electron chi connectivity index (χ4n) is 2.87. The van der Waals surface area contributed by atoms with Crippen LogP contribution in [-0.4, -0.2) is 34.6 Å². The van der Waals surface area contributed by atoms with Gasteiger partial charge in [-0.05, 0) is 56.2 Å². The van der Waals surface area contributed by atoms with Crippen LogP contribution >= 0.6 is 35.0 Å². The summed E-state index contributed by atoms with van der Waals surface area (Å²) in [5.74, 6) is -0.0487. The van der Waals surface area contributed by atoms with Gasteiger partial charge in [0.1, 0.15) is 6.04 Å². The Morgan fingerprint density at radius 1 is 1.07 bits per heavy atom. The topological polar surface area (TPSA) is 49.4 Å². The van der Waals surface area contributed by atoms with Crippen LogP contribution in [0.15, 0.2) is 53.4 Å². The molecule has 4 nitrogen and oxygen atoms in total. The Hall–Kier alpha value is -1.69. The fraction of sp³-hybridized carbons (Fsp3) is 0.364. The zero-order valence-electron chi connectivity index (χ0n) is 16.8. The number of benzene rings is 2. The van der Waals surface area contributed by atoms with Crippen LogP contribution < -0.4 is 5.32 Å². The largest absolute Gasteiger partial charge is 0.352 e. The number of hydrogen-bond acceptors (Lipinski definition) is 3. The van der Waals surface area contributed by atoms with Crippen LogP contribution in [0.5, 0.6) is 0 Å². The lowest BCUT2D eigenvalue weighted by atomic mass is 10.1. The summed E-state index contributed by atoms with van der Waals surface area (Å²) in [5, 5.41) is 4.15. The smallest absolute Gasteiger partial charge is 0.243 e. The molecule has 0 aliphatic rings. The third kappa shape index (κ3) is 7.25. The summed E-state index contributed by atoms with van der Waals surface area (Å²) < 4.78 is 0. The molecule has 0 aliphatic carbocycles. The lowest BCUT2D eigenvalue weighted by Gasteiger charge is -2.31. The second-order valence-electron chi connectivity index (χ2n) is 6.94. The van der Waals surface area contributed by atoms with Crippen LogP contribution in [0.4, 0.5) is 0 Å². The van der Waals surface area contributed by atoms with Gasteiger partial charge in [0.2, 0.25) is 11.8 Å². The van der Waals surface area contributed by atoms with Crippen LogP contribution in [-0.2, 0) is 16.1 Å². The van der Waals surface area contributed by atoms with Crippen molar-refractivity contribution in [2.24, 2.45) is 0 Å². The maximum absolute atomic E-state index is 13.1. The molecule has 156 valence electrons. The van der Waals surface area contributed by atoms with E-state index in [0.29, 0.717) is 16.5 Å². The van der Waals surface area contributed by atoms with Gasteiger partial charge in [0.15, 0.2) is 0 Å². The van der Waals surface area contributed by atoms with Crippen molar-refractivity contribution in [3.63, 3.8) is 0 Å². The number of thioether (sulfide) groups is 1. The van der Waals surface area contributed by atoms with Gasteiger partial charge in [0.05, 0.1) is 5.75 Å². The molecule has 1 atom stereocenters. The standard InChI is InChI=1S/C22H26Cl2N2O2S/c1-4-20(22(28)25-15(2)3)26(13-16-7-5-6-8-19(16)24)21(27)14-29-18-11-9-17(23)10-12-18/h5-12,15,20H,4,13-14H2,1-3H3,(H,25,28)/t20-/m1/s1. The summed E-state index contributed by atoms with van der Waals surface area (Å²) in [6, 6.07) is 14.2. The van der Waals surface area contributed by atoms with E-state index >= 15 is 0 Å². The molecule has 0 unspecified atom stereocenters. The van der Waals surface area contributed by atoms with Crippen molar-refractivity contribution < 1.29 is 9.59 Å². The molecule has 0 saturated carbocycles. The highest BCUT2D eigenvalue weighted by atomic mass is 35.5. The van der Waals surface area contributed by atoms with Gasteiger partial charge < -0.3 is 10.2 Å². The Kier molecular flexibility index (Phi) is 9.34. The van der Waals surface area contributed by atoms with Crippen LogP contribution in [0.25, 0.3) is 0 Å². The first-order valence-electron chi connectivity index (χ1n) is 9.53. The number of carbonyl (C=O) groups excluding carboxylic acids is 2. The Labute approximate surface area is 187 Å². The monoisotopic (exact) mass is 452 g/mol. The highest BCUT2D eigenvalue weighted by Crippen LogP contribution is 2.24. The molecule has 29 heavy (non-hydrogen) atoms. The maximum Gasteiger partial charge on any atom is 0.243 e. The minimum atomic E-state index is -0.563. The van der Waals surface area contributed by atoms with Gasteiger partial charge in [0, 0.05) is 27.5 Å². The van der Waals surface area contributed by atoms with Crippen molar-refractivity contribution in [3.05, 3.63) is 64.1 Å². The molecule has 2 amide bonds. The molecule has 0 fully saturated rings. The van der Waals surface area contributed by atoms with E-state index in [2.05, 4.69) is 5.32 Å². The Balaban J connectivity index is 2.21. The molecule has 0 saturated heterocycles. The molecular weight excluding hydrogens is 427 g/mol. The average Bonchev–Trinajstić information content (AvgIpc) is 2.68. The Bertz CT molecular complexity index is 828. The van der Waals surface area contributed by atoms with Crippen molar-refractivity contribution in [2.75, 3.05) is 5.75 Å². The first kappa shape index (κ1) is 23.6. The molecule has 2 aromatic rings. The predicted octanol–water partition coefficient (Wildman–Crippen LogP) is 5.42. The first-order chi connectivity index (χ1) is 13.8. The third-order valence-electron chi connectivity index (χ3n) is 4.29. The lowest BCUT2D eigenvalue weighted by Crippen LogP contribution is -2.51. The molecule has 7 heteroatoms. The van der Waals surface area contributed by atoms with Crippen molar-refractivity contribution in [1.29, 1.82) is 0 Å².